The molecule has 0 radical (unpaired) electrons. The van der Waals surface area contributed by atoms with Gasteiger partial charge in [-0.25, -0.2) is 12.8 Å². The van der Waals surface area contributed by atoms with Gasteiger partial charge in [-0.15, -0.1) is 0 Å². The minimum absolute atomic E-state index is 0.00676. The van der Waals surface area contributed by atoms with Gasteiger partial charge in [0.1, 0.15) is 5.82 Å². The zero-order valence-electron chi connectivity index (χ0n) is 12.2. The Morgan fingerprint density at radius 2 is 2.19 bits per heavy atom. The van der Waals surface area contributed by atoms with Crippen molar-refractivity contribution >= 4 is 10.0 Å². The van der Waals surface area contributed by atoms with Crippen molar-refractivity contribution in [2.24, 2.45) is 0 Å². The second-order valence-corrected chi connectivity index (χ2v) is 7.21. The van der Waals surface area contributed by atoms with Crippen molar-refractivity contribution in [3.63, 3.8) is 0 Å². The van der Waals surface area contributed by atoms with Crippen molar-refractivity contribution in [1.29, 1.82) is 0 Å². The van der Waals surface area contributed by atoms with Gasteiger partial charge in [0, 0.05) is 25.3 Å². The summed E-state index contributed by atoms with van der Waals surface area (Å²) in [6, 6.07) is 2.51. The van der Waals surface area contributed by atoms with Crippen LogP contribution in [0.5, 0.6) is 0 Å². The average molecular weight is 317 g/mol. The third kappa shape index (κ3) is 3.42. The molecule has 0 bridgehead atoms. The van der Waals surface area contributed by atoms with Crippen LogP contribution in [0.3, 0.4) is 0 Å². The van der Waals surface area contributed by atoms with E-state index in [0.717, 1.165) is 0 Å². The number of benzene rings is 1. The summed E-state index contributed by atoms with van der Waals surface area (Å²) < 4.78 is 45.9. The Bertz CT molecular complexity index is 618. The molecule has 1 saturated heterocycles. The predicted molar refractivity (Wildman–Crippen MR) is 75.8 cm³/mol. The van der Waals surface area contributed by atoms with Crippen molar-refractivity contribution in [3.05, 3.63) is 29.1 Å². The summed E-state index contributed by atoms with van der Waals surface area (Å²) in [6.07, 6.45) is 0.442. The number of aliphatic hydroxyl groups excluding tert-OH is 1. The van der Waals surface area contributed by atoms with E-state index >= 15 is 0 Å². The summed E-state index contributed by atoms with van der Waals surface area (Å²) in [5, 5.41) is 9.16. The molecule has 1 aromatic rings. The zero-order chi connectivity index (χ0) is 15.6. The minimum Gasteiger partial charge on any atom is -0.392 e. The lowest BCUT2D eigenvalue weighted by Gasteiger charge is -2.22. The maximum Gasteiger partial charge on any atom is 0.243 e. The van der Waals surface area contributed by atoms with Gasteiger partial charge in [-0.3, -0.25) is 0 Å². The molecule has 2 rings (SSSR count). The van der Waals surface area contributed by atoms with Gasteiger partial charge in [0.2, 0.25) is 10.0 Å². The molecule has 5 nitrogen and oxygen atoms in total. The first-order chi connectivity index (χ1) is 9.86. The molecule has 1 aliphatic heterocycles. The molecule has 0 aromatic heterocycles. The smallest absolute Gasteiger partial charge is 0.243 e. The quantitative estimate of drug-likeness (QED) is 0.916. The Morgan fingerprint density at radius 1 is 1.48 bits per heavy atom. The molecule has 1 atom stereocenters. The van der Waals surface area contributed by atoms with Crippen LogP contribution in [-0.2, 0) is 21.4 Å². The van der Waals surface area contributed by atoms with Crippen molar-refractivity contribution in [1.82, 2.24) is 4.31 Å². The van der Waals surface area contributed by atoms with Crippen LogP contribution < -0.4 is 0 Å². The SMILES string of the molecule is Cc1cc(S(=O)(=O)N2CCCOC(C)C2)cc(CO)c1F. The Balaban J connectivity index is 2.41. The van der Waals surface area contributed by atoms with E-state index in [9.17, 15) is 12.8 Å². The van der Waals surface area contributed by atoms with Gasteiger partial charge in [-0.1, -0.05) is 0 Å². The van der Waals surface area contributed by atoms with Crippen molar-refractivity contribution < 1.29 is 22.7 Å². The summed E-state index contributed by atoms with van der Waals surface area (Å²) in [5.41, 5.74) is 0.201. The first-order valence-electron chi connectivity index (χ1n) is 6.88. The van der Waals surface area contributed by atoms with E-state index in [1.54, 1.807) is 0 Å². The predicted octanol–water partition coefficient (Wildman–Crippen LogP) is 1.43. The highest BCUT2D eigenvalue weighted by atomic mass is 32.2. The Hall–Kier alpha value is -1.02. The van der Waals surface area contributed by atoms with Crippen molar-refractivity contribution in [3.8, 4) is 0 Å². The van der Waals surface area contributed by atoms with Crippen LogP contribution in [0.2, 0.25) is 0 Å². The van der Waals surface area contributed by atoms with Crippen LogP contribution in [0, 0.1) is 12.7 Å². The molecule has 1 fully saturated rings. The number of halogens is 1. The van der Waals surface area contributed by atoms with E-state index in [1.165, 1.54) is 23.4 Å². The lowest BCUT2D eigenvalue weighted by molar-refractivity contribution is 0.0752. The number of sulfonamides is 1. The van der Waals surface area contributed by atoms with E-state index in [2.05, 4.69) is 0 Å². The van der Waals surface area contributed by atoms with Gasteiger partial charge in [-0.05, 0) is 38.0 Å². The second-order valence-electron chi connectivity index (χ2n) is 5.27. The van der Waals surface area contributed by atoms with E-state index in [0.29, 0.717) is 19.6 Å². The monoisotopic (exact) mass is 317 g/mol. The number of nitrogens with zero attached hydrogens (tertiary/aromatic N) is 1. The maximum atomic E-state index is 13.8. The number of aliphatic hydroxyl groups is 1. The number of aryl methyl sites for hydroxylation is 1. The fraction of sp³-hybridized carbons (Fsp3) is 0.571. The van der Waals surface area contributed by atoms with E-state index in [-0.39, 0.29) is 28.7 Å². The summed E-state index contributed by atoms with van der Waals surface area (Å²) in [4.78, 5) is 0.0135. The molecule has 21 heavy (non-hydrogen) atoms. The summed E-state index contributed by atoms with van der Waals surface area (Å²) in [5.74, 6) is -0.566. The summed E-state index contributed by atoms with van der Waals surface area (Å²) >= 11 is 0. The largest absolute Gasteiger partial charge is 0.392 e. The molecule has 0 amide bonds. The average Bonchev–Trinajstić information content (AvgIpc) is 2.66. The molecule has 1 heterocycles. The number of hydrogen-bond donors (Lipinski definition) is 1. The normalized spacial score (nSPS) is 21.2. The first-order valence-corrected chi connectivity index (χ1v) is 8.32. The van der Waals surface area contributed by atoms with Gasteiger partial charge in [0.25, 0.3) is 0 Å². The molecule has 0 saturated carbocycles. The van der Waals surface area contributed by atoms with Crippen LogP contribution in [0.4, 0.5) is 4.39 Å². The molecular formula is C14H20FNO4S. The van der Waals surface area contributed by atoms with Gasteiger partial charge in [-0.2, -0.15) is 4.31 Å². The maximum absolute atomic E-state index is 13.8. The van der Waals surface area contributed by atoms with Crippen molar-refractivity contribution in [2.75, 3.05) is 19.7 Å². The zero-order valence-corrected chi connectivity index (χ0v) is 13.0. The van der Waals surface area contributed by atoms with E-state index < -0.39 is 22.4 Å². The lowest BCUT2D eigenvalue weighted by Crippen LogP contribution is -2.36. The highest BCUT2D eigenvalue weighted by molar-refractivity contribution is 7.89. The molecule has 0 aliphatic carbocycles. The van der Waals surface area contributed by atoms with Gasteiger partial charge >= 0.3 is 0 Å². The fourth-order valence-electron chi connectivity index (χ4n) is 2.39. The lowest BCUT2D eigenvalue weighted by atomic mass is 10.1. The van der Waals surface area contributed by atoms with Gasteiger partial charge < -0.3 is 9.84 Å². The second kappa shape index (κ2) is 6.39. The third-order valence-electron chi connectivity index (χ3n) is 3.53. The van der Waals surface area contributed by atoms with E-state index in [4.69, 9.17) is 9.84 Å². The van der Waals surface area contributed by atoms with Crippen LogP contribution in [0.25, 0.3) is 0 Å². The van der Waals surface area contributed by atoms with Crippen LogP contribution in [0.15, 0.2) is 17.0 Å². The summed E-state index contributed by atoms with van der Waals surface area (Å²) in [7, 11) is -3.71. The molecule has 7 heteroatoms. The van der Waals surface area contributed by atoms with Crippen LogP contribution in [-0.4, -0.2) is 43.6 Å². The molecule has 1 unspecified atom stereocenters. The topological polar surface area (TPSA) is 66.8 Å². The first kappa shape index (κ1) is 16.4. The Morgan fingerprint density at radius 3 is 2.86 bits per heavy atom. The Kier molecular flexibility index (Phi) is 4.98. The number of hydrogen-bond acceptors (Lipinski definition) is 4. The molecular weight excluding hydrogens is 297 g/mol. The van der Waals surface area contributed by atoms with Crippen LogP contribution >= 0.6 is 0 Å². The van der Waals surface area contributed by atoms with Gasteiger partial charge in [0.05, 0.1) is 17.6 Å². The van der Waals surface area contributed by atoms with E-state index in [1.807, 2.05) is 6.92 Å². The van der Waals surface area contributed by atoms with Gasteiger partial charge in [0.15, 0.2) is 0 Å². The molecule has 1 aliphatic rings. The molecule has 0 spiro atoms. The molecule has 1 N–H and O–H groups in total. The summed E-state index contributed by atoms with van der Waals surface area (Å²) in [6.45, 7) is 3.95. The highest BCUT2D eigenvalue weighted by Gasteiger charge is 2.28. The molecule has 1 aromatic carbocycles. The standard InChI is InChI=1S/C14H20FNO4S/c1-10-6-13(7-12(9-17)14(10)15)21(18,19)16-4-3-5-20-11(2)8-16/h6-7,11,17H,3-5,8-9H2,1-2H3. The number of rotatable bonds is 3. The van der Waals surface area contributed by atoms with Crippen LogP contribution in [0.1, 0.15) is 24.5 Å². The van der Waals surface area contributed by atoms with Crippen molar-refractivity contribution in [2.45, 2.75) is 37.9 Å². The fourth-order valence-corrected chi connectivity index (χ4v) is 4.08. The highest BCUT2D eigenvalue weighted by Crippen LogP contribution is 2.23. The third-order valence-corrected chi connectivity index (χ3v) is 5.37. The molecule has 118 valence electrons. The number of ether oxygens (including phenoxy) is 1. The Labute approximate surface area is 124 Å². The minimum atomic E-state index is -3.71.